The zero-order valence-corrected chi connectivity index (χ0v) is 18.5. The number of amides is 1. The smallest absolute Gasteiger partial charge is 0.261 e. The molecule has 0 fully saturated rings. The fraction of sp³-hybridized carbons (Fsp3) is 0.333. The summed E-state index contributed by atoms with van der Waals surface area (Å²) in [5, 5.41) is 5.93. The number of unbranched alkanes of at least 4 members (excludes halogenated alkanes) is 3. The minimum atomic E-state index is -0.314. The Balaban J connectivity index is 1.92. The second-order valence-electron chi connectivity index (χ2n) is 7.09. The highest BCUT2D eigenvalue weighted by molar-refractivity contribution is 7.80. The number of hydrogen-bond acceptors (Lipinski definition) is 4. The molecule has 1 amide bonds. The second kappa shape index (κ2) is 12.6. The van der Waals surface area contributed by atoms with Gasteiger partial charge in [0.05, 0.1) is 12.2 Å². The number of thiocarbonyl (C=S) groups is 1. The monoisotopic (exact) mass is 426 g/mol. The molecule has 0 aromatic heterocycles. The molecule has 0 spiro atoms. The number of anilines is 1. The molecule has 0 atom stereocenters. The lowest BCUT2D eigenvalue weighted by Crippen LogP contribution is -2.34. The third-order valence-electron chi connectivity index (χ3n) is 4.19. The molecule has 5 nitrogen and oxygen atoms in total. The highest BCUT2D eigenvalue weighted by Crippen LogP contribution is 2.20. The SMILES string of the molecule is C=C(C)COc1cccc(NC(=S)NC(=O)c2ccccc2OCCCCCC)c1. The van der Waals surface area contributed by atoms with Crippen molar-refractivity contribution in [3.05, 3.63) is 66.2 Å². The van der Waals surface area contributed by atoms with Crippen molar-refractivity contribution < 1.29 is 14.3 Å². The van der Waals surface area contributed by atoms with Crippen LogP contribution in [0.2, 0.25) is 0 Å². The Morgan fingerprint density at radius 3 is 2.63 bits per heavy atom. The lowest BCUT2D eigenvalue weighted by atomic mass is 10.2. The predicted molar refractivity (Wildman–Crippen MR) is 127 cm³/mol. The molecule has 30 heavy (non-hydrogen) atoms. The molecule has 0 aliphatic heterocycles. The average Bonchev–Trinajstić information content (AvgIpc) is 2.72. The number of carbonyl (C=O) groups excluding carboxylic acids is 1. The Morgan fingerprint density at radius 1 is 1.07 bits per heavy atom. The highest BCUT2D eigenvalue weighted by Gasteiger charge is 2.13. The maximum absolute atomic E-state index is 12.7. The second-order valence-corrected chi connectivity index (χ2v) is 7.50. The van der Waals surface area contributed by atoms with Crippen LogP contribution in [-0.2, 0) is 0 Å². The lowest BCUT2D eigenvalue weighted by molar-refractivity contribution is 0.0973. The zero-order valence-electron chi connectivity index (χ0n) is 17.7. The van der Waals surface area contributed by atoms with E-state index in [0.29, 0.717) is 30.3 Å². The minimum absolute atomic E-state index is 0.204. The summed E-state index contributed by atoms with van der Waals surface area (Å²) in [5.41, 5.74) is 2.11. The molecule has 0 aliphatic carbocycles. The van der Waals surface area contributed by atoms with E-state index in [0.717, 1.165) is 24.1 Å². The molecule has 0 saturated carbocycles. The van der Waals surface area contributed by atoms with Crippen molar-refractivity contribution in [2.45, 2.75) is 39.5 Å². The van der Waals surface area contributed by atoms with E-state index in [1.54, 1.807) is 18.2 Å². The quantitative estimate of drug-likeness (QED) is 0.273. The van der Waals surface area contributed by atoms with E-state index in [-0.39, 0.29) is 11.0 Å². The summed E-state index contributed by atoms with van der Waals surface area (Å²) >= 11 is 5.30. The first kappa shape index (κ1) is 23.4. The van der Waals surface area contributed by atoms with Gasteiger partial charge < -0.3 is 14.8 Å². The lowest BCUT2D eigenvalue weighted by Gasteiger charge is -2.14. The first-order valence-corrected chi connectivity index (χ1v) is 10.6. The van der Waals surface area contributed by atoms with Crippen LogP contribution in [0.3, 0.4) is 0 Å². The predicted octanol–water partition coefficient (Wildman–Crippen LogP) is 5.73. The van der Waals surface area contributed by atoms with Gasteiger partial charge >= 0.3 is 0 Å². The van der Waals surface area contributed by atoms with Crippen molar-refractivity contribution in [3.63, 3.8) is 0 Å². The van der Waals surface area contributed by atoms with Crippen LogP contribution in [0.5, 0.6) is 11.5 Å². The van der Waals surface area contributed by atoms with Crippen LogP contribution in [-0.4, -0.2) is 24.2 Å². The molecule has 0 heterocycles. The first-order valence-electron chi connectivity index (χ1n) is 10.2. The molecule has 0 aliphatic rings. The van der Waals surface area contributed by atoms with Gasteiger partial charge in [-0.25, -0.2) is 0 Å². The largest absolute Gasteiger partial charge is 0.493 e. The van der Waals surface area contributed by atoms with Crippen LogP contribution in [0, 0.1) is 0 Å². The third kappa shape index (κ3) is 8.25. The van der Waals surface area contributed by atoms with Crippen molar-refractivity contribution >= 4 is 28.9 Å². The Labute approximate surface area is 184 Å². The number of ether oxygens (including phenoxy) is 2. The van der Waals surface area contributed by atoms with Crippen molar-refractivity contribution in [2.24, 2.45) is 0 Å². The van der Waals surface area contributed by atoms with Gasteiger partial charge in [-0.2, -0.15) is 0 Å². The molecule has 0 unspecified atom stereocenters. The summed E-state index contributed by atoms with van der Waals surface area (Å²) in [7, 11) is 0. The van der Waals surface area contributed by atoms with Crippen LogP contribution in [0.4, 0.5) is 5.69 Å². The third-order valence-corrected chi connectivity index (χ3v) is 4.40. The minimum Gasteiger partial charge on any atom is -0.493 e. The Hall–Kier alpha value is -2.86. The van der Waals surface area contributed by atoms with Crippen LogP contribution < -0.4 is 20.1 Å². The zero-order chi connectivity index (χ0) is 21.8. The van der Waals surface area contributed by atoms with E-state index in [1.807, 2.05) is 37.3 Å². The normalized spacial score (nSPS) is 10.2. The molecule has 6 heteroatoms. The maximum Gasteiger partial charge on any atom is 0.261 e. The standard InChI is InChI=1S/C24H30N2O3S/c1-4-5-6-9-15-28-22-14-8-7-13-21(22)23(27)26-24(30)25-19-11-10-12-20(16-19)29-17-18(2)3/h7-8,10-14,16H,2,4-6,9,15,17H2,1,3H3,(H2,25,26,27,30). The molecule has 0 bridgehead atoms. The van der Waals surface area contributed by atoms with Gasteiger partial charge in [-0.1, -0.05) is 51.0 Å². The van der Waals surface area contributed by atoms with Crippen LogP contribution >= 0.6 is 12.2 Å². The Kier molecular flexibility index (Phi) is 9.87. The number of nitrogens with one attached hydrogen (secondary N) is 2. The Morgan fingerprint density at radius 2 is 1.87 bits per heavy atom. The molecule has 2 N–H and O–H groups in total. The van der Waals surface area contributed by atoms with E-state index in [1.165, 1.54) is 12.8 Å². The van der Waals surface area contributed by atoms with Gasteiger partial charge in [-0.05, 0) is 55.4 Å². The number of hydrogen-bond donors (Lipinski definition) is 2. The van der Waals surface area contributed by atoms with Gasteiger partial charge in [0.2, 0.25) is 0 Å². The van der Waals surface area contributed by atoms with E-state index < -0.39 is 0 Å². The fourth-order valence-corrected chi connectivity index (χ4v) is 2.90. The molecule has 2 aromatic carbocycles. The maximum atomic E-state index is 12.7. The number of benzene rings is 2. The average molecular weight is 427 g/mol. The Bertz CT molecular complexity index is 867. The molecule has 2 rings (SSSR count). The van der Waals surface area contributed by atoms with Gasteiger partial charge in [0.15, 0.2) is 5.11 Å². The van der Waals surface area contributed by atoms with Gasteiger partial charge in [0.25, 0.3) is 5.91 Å². The summed E-state index contributed by atoms with van der Waals surface area (Å²) in [5.74, 6) is 0.940. The van der Waals surface area contributed by atoms with Crippen LogP contribution in [0.25, 0.3) is 0 Å². The van der Waals surface area contributed by atoms with Gasteiger partial charge in [0.1, 0.15) is 18.1 Å². The molecule has 0 saturated heterocycles. The first-order chi connectivity index (χ1) is 14.5. The van der Waals surface area contributed by atoms with E-state index >= 15 is 0 Å². The molecular weight excluding hydrogens is 396 g/mol. The highest BCUT2D eigenvalue weighted by atomic mass is 32.1. The summed E-state index contributed by atoms with van der Waals surface area (Å²) in [4.78, 5) is 12.7. The summed E-state index contributed by atoms with van der Waals surface area (Å²) in [6.07, 6.45) is 4.44. The summed E-state index contributed by atoms with van der Waals surface area (Å²) in [6, 6.07) is 14.5. The van der Waals surface area contributed by atoms with E-state index in [9.17, 15) is 4.79 Å². The van der Waals surface area contributed by atoms with E-state index in [2.05, 4.69) is 24.1 Å². The van der Waals surface area contributed by atoms with Crippen LogP contribution in [0.15, 0.2) is 60.7 Å². The van der Waals surface area contributed by atoms with Gasteiger partial charge in [-0.3, -0.25) is 10.1 Å². The van der Waals surface area contributed by atoms with Crippen molar-refractivity contribution in [2.75, 3.05) is 18.5 Å². The topological polar surface area (TPSA) is 59.6 Å². The summed E-state index contributed by atoms with van der Waals surface area (Å²) < 4.78 is 11.4. The van der Waals surface area contributed by atoms with E-state index in [4.69, 9.17) is 21.7 Å². The number of carbonyl (C=O) groups is 1. The molecule has 160 valence electrons. The molecular formula is C24H30N2O3S. The van der Waals surface area contributed by atoms with Crippen molar-refractivity contribution in [3.8, 4) is 11.5 Å². The van der Waals surface area contributed by atoms with Gasteiger partial charge in [-0.15, -0.1) is 0 Å². The number of para-hydroxylation sites is 1. The van der Waals surface area contributed by atoms with Crippen molar-refractivity contribution in [1.29, 1.82) is 0 Å². The van der Waals surface area contributed by atoms with Crippen LogP contribution in [0.1, 0.15) is 49.9 Å². The molecule has 0 radical (unpaired) electrons. The van der Waals surface area contributed by atoms with Crippen molar-refractivity contribution in [1.82, 2.24) is 5.32 Å². The number of rotatable bonds is 11. The fourth-order valence-electron chi connectivity index (χ4n) is 2.69. The molecule has 2 aromatic rings. The summed E-state index contributed by atoms with van der Waals surface area (Å²) in [6.45, 7) is 8.93. The van der Waals surface area contributed by atoms with Gasteiger partial charge in [0, 0.05) is 11.8 Å².